The van der Waals surface area contributed by atoms with Gasteiger partial charge in [0.15, 0.2) is 0 Å². The van der Waals surface area contributed by atoms with Crippen molar-refractivity contribution in [3.63, 3.8) is 0 Å². The largest absolute Gasteiger partial charge is 0.356 e. The van der Waals surface area contributed by atoms with Crippen molar-refractivity contribution in [2.45, 2.75) is 64.5 Å². The van der Waals surface area contributed by atoms with E-state index in [0.29, 0.717) is 12.1 Å². The van der Waals surface area contributed by atoms with Gasteiger partial charge in [0.2, 0.25) is 0 Å². The van der Waals surface area contributed by atoms with Gasteiger partial charge in [-0.05, 0) is 77.4 Å². The fourth-order valence-corrected chi connectivity index (χ4v) is 5.93. The first-order valence-electron chi connectivity index (χ1n) is 10.4. The number of hydrogen-bond acceptors (Lipinski definition) is 6. The predicted molar refractivity (Wildman–Crippen MR) is 115 cm³/mol. The van der Waals surface area contributed by atoms with Gasteiger partial charge in [-0.15, -0.1) is 11.3 Å². The van der Waals surface area contributed by atoms with Crippen LogP contribution in [0.15, 0.2) is 6.33 Å². The minimum absolute atomic E-state index is 0.347. The molecule has 6 heteroatoms. The van der Waals surface area contributed by atoms with Crippen LogP contribution in [0.5, 0.6) is 0 Å². The van der Waals surface area contributed by atoms with Crippen molar-refractivity contribution < 1.29 is 0 Å². The van der Waals surface area contributed by atoms with Gasteiger partial charge in [-0.25, -0.2) is 9.97 Å². The number of aryl methyl sites for hydroxylation is 2. The van der Waals surface area contributed by atoms with Gasteiger partial charge in [0.25, 0.3) is 0 Å². The number of anilines is 1. The number of nitrogens with two attached hydrogens (primary N) is 1. The number of likely N-dealkylation sites (tertiary alicyclic amines) is 1. The lowest BCUT2D eigenvalue weighted by molar-refractivity contribution is 0.260. The molecule has 0 bridgehead atoms. The molecule has 2 saturated heterocycles. The van der Waals surface area contributed by atoms with Gasteiger partial charge in [-0.3, -0.25) is 0 Å². The lowest BCUT2D eigenvalue weighted by Gasteiger charge is -2.34. The minimum Gasteiger partial charge on any atom is -0.356 e. The van der Waals surface area contributed by atoms with E-state index in [1.807, 2.05) is 0 Å². The Kier molecular flexibility index (Phi) is 5.67. The van der Waals surface area contributed by atoms with Gasteiger partial charge in [0, 0.05) is 30.1 Å². The third kappa shape index (κ3) is 3.98. The van der Waals surface area contributed by atoms with Crippen molar-refractivity contribution in [3.05, 3.63) is 16.8 Å². The Morgan fingerprint density at radius 1 is 1.15 bits per heavy atom. The number of hydrogen-bond donors (Lipinski definition) is 1. The molecule has 5 nitrogen and oxygen atoms in total. The Morgan fingerprint density at radius 2 is 1.93 bits per heavy atom. The number of nitrogens with zero attached hydrogens (tertiary/aromatic N) is 4. The Bertz CT molecular complexity index is 780. The summed E-state index contributed by atoms with van der Waals surface area (Å²) in [4.78, 5) is 16.6. The molecule has 2 aliphatic rings. The summed E-state index contributed by atoms with van der Waals surface area (Å²) in [6.07, 6.45) is 9.17. The number of rotatable bonds is 5. The van der Waals surface area contributed by atoms with Gasteiger partial charge in [0.05, 0.1) is 5.39 Å². The van der Waals surface area contributed by atoms with E-state index < -0.39 is 0 Å². The molecule has 148 valence electrons. The van der Waals surface area contributed by atoms with Crippen LogP contribution < -0.4 is 10.6 Å². The second kappa shape index (κ2) is 8.02. The van der Waals surface area contributed by atoms with Crippen LogP contribution in [0.25, 0.3) is 10.2 Å². The van der Waals surface area contributed by atoms with Crippen LogP contribution in [-0.2, 0) is 0 Å². The van der Waals surface area contributed by atoms with E-state index in [-0.39, 0.29) is 0 Å². The summed E-state index contributed by atoms with van der Waals surface area (Å²) in [7, 11) is 2.25. The molecule has 0 amide bonds. The Morgan fingerprint density at radius 3 is 2.63 bits per heavy atom. The summed E-state index contributed by atoms with van der Waals surface area (Å²) in [6.45, 7) is 7.79. The second-order valence-corrected chi connectivity index (χ2v) is 9.80. The van der Waals surface area contributed by atoms with E-state index in [9.17, 15) is 0 Å². The Labute approximate surface area is 167 Å². The maximum absolute atomic E-state index is 6.53. The van der Waals surface area contributed by atoms with Crippen LogP contribution in [0, 0.1) is 19.8 Å². The van der Waals surface area contributed by atoms with Crippen LogP contribution in [0.1, 0.15) is 49.0 Å². The monoisotopic (exact) mass is 387 g/mol. The zero-order valence-corrected chi connectivity index (χ0v) is 17.8. The molecular formula is C21H33N5S. The summed E-state index contributed by atoms with van der Waals surface area (Å²) >= 11 is 1.78. The molecule has 0 radical (unpaired) electrons. The van der Waals surface area contributed by atoms with Crippen molar-refractivity contribution in [2.75, 3.05) is 31.6 Å². The molecule has 4 heterocycles. The smallest absolute Gasteiger partial charge is 0.141 e. The molecule has 2 aromatic heterocycles. The highest BCUT2D eigenvalue weighted by molar-refractivity contribution is 7.18. The van der Waals surface area contributed by atoms with Crippen LogP contribution in [-0.4, -0.2) is 53.6 Å². The third-order valence-corrected chi connectivity index (χ3v) is 7.86. The quantitative estimate of drug-likeness (QED) is 0.847. The lowest BCUT2D eigenvalue weighted by atomic mass is 9.88. The second-order valence-electron chi connectivity index (χ2n) is 8.60. The highest BCUT2D eigenvalue weighted by atomic mass is 32.1. The van der Waals surface area contributed by atoms with Crippen LogP contribution in [0.3, 0.4) is 0 Å². The van der Waals surface area contributed by atoms with E-state index >= 15 is 0 Å². The molecule has 0 spiro atoms. The van der Waals surface area contributed by atoms with Gasteiger partial charge in [0.1, 0.15) is 17.0 Å². The Balaban J connectivity index is 1.35. The predicted octanol–water partition coefficient (Wildman–Crippen LogP) is 3.73. The molecule has 27 heavy (non-hydrogen) atoms. The molecular weight excluding hydrogens is 354 g/mol. The average Bonchev–Trinajstić information content (AvgIpc) is 3.18. The third-order valence-electron chi connectivity index (χ3n) is 6.74. The standard InChI is InChI=1S/C21H33N5S/c1-14-15(2)27-21-19(14)20(23-13-24-21)26-9-6-16(7-10-26)11-17(22)12-18-5-4-8-25(18)3/h13,16-18H,4-12,22H2,1-3H3. The topological polar surface area (TPSA) is 58.3 Å². The minimum atomic E-state index is 0.347. The maximum Gasteiger partial charge on any atom is 0.141 e. The highest BCUT2D eigenvalue weighted by Gasteiger charge is 2.27. The normalized spacial score (nSPS) is 23.4. The SMILES string of the molecule is Cc1sc2ncnc(N3CCC(CC(N)CC4CCCN4C)CC3)c2c1C. The van der Waals surface area contributed by atoms with Crippen molar-refractivity contribution in [3.8, 4) is 0 Å². The summed E-state index contributed by atoms with van der Waals surface area (Å²) < 4.78 is 0. The summed E-state index contributed by atoms with van der Waals surface area (Å²) in [5, 5.41) is 1.26. The molecule has 2 unspecified atom stereocenters. The van der Waals surface area contributed by atoms with Gasteiger partial charge >= 0.3 is 0 Å². The highest BCUT2D eigenvalue weighted by Crippen LogP contribution is 2.36. The van der Waals surface area contributed by atoms with E-state index in [2.05, 4.69) is 40.7 Å². The van der Waals surface area contributed by atoms with E-state index in [1.165, 1.54) is 54.5 Å². The molecule has 0 aromatic carbocycles. The molecule has 0 aliphatic carbocycles. The molecule has 2 aromatic rings. The van der Waals surface area contributed by atoms with Crippen molar-refractivity contribution in [2.24, 2.45) is 11.7 Å². The average molecular weight is 388 g/mol. The lowest BCUT2D eigenvalue weighted by Crippen LogP contribution is -2.38. The fraction of sp³-hybridized carbons (Fsp3) is 0.714. The number of thiophene rings is 1. The summed E-state index contributed by atoms with van der Waals surface area (Å²) in [5.41, 5.74) is 7.87. The first kappa shape index (κ1) is 19.1. The molecule has 2 aliphatic heterocycles. The van der Waals surface area contributed by atoms with Gasteiger partial charge in [-0.2, -0.15) is 0 Å². The van der Waals surface area contributed by atoms with Crippen LogP contribution in [0.4, 0.5) is 5.82 Å². The number of fused-ring (bicyclic) bond motifs is 1. The number of piperidine rings is 1. The molecule has 4 rings (SSSR count). The Hall–Kier alpha value is -1.24. The molecule has 2 atom stereocenters. The zero-order chi connectivity index (χ0) is 19.0. The van der Waals surface area contributed by atoms with Crippen LogP contribution in [0.2, 0.25) is 0 Å². The number of aromatic nitrogens is 2. The van der Waals surface area contributed by atoms with E-state index in [1.54, 1.807) is 17.7 Å². The first-order valence-corrected chi connectivity index (χ1v) is 11.3. The van der Waals surface area contributed by atoms with E-state index in [4.69, 9.17) is 5.73 Å². The molecule has 2 fully saturated rings. The summed E-state index contributed by atoms with van der Waals surface area (Å²) in [6, 6.07) is 1.05. The molecule has 2 N–H and O–H groups in total. The fourth-order valence-electron chi connectivity index (χ4n) is 4.93. The maximum atomic E-state index is 6.53. The van der Waals surface area contributed by atoms with Crippen molar-refractivity contribution in [1.29, 1.82) is 0 Å². The van der Waals surface area contributed by atoms with Crippen LogP contribution >= 0.6 is 11.3 Å². The molecule has 0 saturated carbocycles. The van der Waals surface area contributed by atoms with Gasteiger partial charge in [-0.1, -0.05) is 0 Å². The first-order chi connectivity index (χ1) is 13.0. The van der Waals surface area contributed by atoms with Gasteiger partial charge < -0.3 is 15.5 Å². The van der Waals surface area contributed by atoms with Crippen molar-refractivity contribution >= 4 is 27.4 Å². The van der Waals surface area contributed by atoms with Crippen molar-refractivity contribution in [1.82, 2.24) is 14.9 Å². The van der Waals surface area contributed by atoms with E-state index in [0.717, 1.165) is 36.1 Å². The zero-order valence-electron chi connectivity index (χ0n) is 16.9. The summed E-state index contributed by atoms with van der Waals surface area (Å²) in [5.74, 6) is 1.89.